The molecule has 0 saturated carbocycles. The molecule has 0 aliphatic carbocycles. The molecule has 128 valence electrons. The third kappa shape index (κ3) is 3.97. The zero-order valence-corrected chi connectivity index (χ0v) is 15.2. The molecule has 0 amide bonds. The van der Waals surface area contributed by atoms with Gasteiger partial charge in [-0.15, -0.1) is 0 Å². The van der Waals surface area contributed by atoms with Crippen LogP contribution in [0.15, 0.2) is 42.7 Å². The van der Waals surface area contributed by atoms with Gasteiger partial charge in [0.15, 0.2) is 0 Å². The zero-order valence-electron chi connectivity index (χ0n) is 15.2. The van der Waals surface area contributed by atoms with Crippen molar-refractivity contribution in [2.24, 2.45) is 0 Å². The van der Waals surface area contributed by atoms with E-state index in [0.29, 0.717) is 11.4 Å². The Morgan fingerprint density at radius 1 is 1.04 bits per heavy atom. The molecule has 0 atom stereocenters. The van der Waals surface area contributed by atoms with Gasteiger partial charge in [0.1, 0.15) is 0 Å². The van der Waals surface area contributed by atoms with E-state index in [9.17, 15) is 10.1 Å². The summed E-state index contributed by atoms with van der Waals surface area (Å²) in [6, 6.07) is 8.99. The summed E-state index contributed by atoms with van der Waals surface area (Å²) in [5.41, 5.74) is 1.39. The molecule has 1 heterocycles. The summed E-state index contributed by atoms with van der Waals surface area (Å²) < 4.78 is 0.937. The van der Waals surface area contributed by atoms with E-state index < -0.39 is 11.1 Å². The predicted molar refractivity (Wildman–Crippen MR) is 98.3 cm³/mol. The first-order chi connectivity index (χ1) is 11.0. The van der Waals surface area contributed by atoms with Crippen LogP contribution in [0.2, 0.25) is 0 Å². The van der Waals surface area contributed by atoms with Crippen LogP contribution in [0.4, 0.5) is 11.4 Å². The van der Waals surface area contributed by atoms with Crippen LogP contribution >= 0.6 is 0 Å². The Bertz CT molecular complexity index is 729. The second-order valence-corrected chi connectivity index (χ2v) is 7.91. The van der Waals surface area contributed by atoms with E-state index in [1.807, 2.05) is 53.7 Å². The lowest BCUT2D eigenvalue weighted by Crippen LogP contribution is -2.36. The van der Waals surface area contributed by atoms with Gasteiger partial charge in [-0.25, -0.2) is 0 Å². The van der Waals surface area contributed by atoms with E-state index in [1.165, 1.54) is 0 Å². The van der Waals surface area contributed by atoms with Crippen molar-refractivity contribution in [1.82, 2.24) is 4.98 Å². The number of hydrogen-bond donors (Lipinski definition) is 0. The Hall–Kier alpha value is -2.27. The Labute approximate surface area is 143 Å². The van der Waals surface area contributed by atoms with E-state index in [2.05, 4.69) is 4.98 Å². The Kier molecular flexibility index (Phi) is 4.76. The van der Waals surface area contributed by atoms with Crippen molar-refractivity contribution < 1.29 is 4.76 Å². The second-order valence-electron chi connectivity index (χ2n) is 7.91. The fourth-order valence-electron chi connectivity index (χ4n) is 2.30. The molecule has 2 rings (SSSR count). The molecule has 24 heavy (non-hydrogen) atoms. The topological polar surface area (TPSA) is 59.3 Å². The molecule has 0 aliphatic heterocycles. The number of hydroxylamine groups is 1. The largest absolute Gasteiger partial charge is 0.758 e. The first-order valence-electron chi connectivity index (χ1n) is 8.00. The monoisotopic (exact) mass is 327 g/mol. The number of nitroso groups, excluding NO2 is 1. The Balaban J connectivity index is 2.62. The van der Waals surface area contributed by atoms with Gasteiger partial charge in [-0.3, -0.25) is 4.98 Å². The molecular weight excluding hydrogens is 302 g/mol. The van der Waals surface area contributed by atoms with E-state index in [1.54, 1.807) is 30.6 Å². The van der Waals surface area contributed by atoms with Gasteiger partial charge >= 0.3 is 0 Å². The molecule has 0 radical (unpaired) electrons. The third-order valence-electron chi connectivity index (χ3n) is 3.58. The number of aromatic nitrogens is 1. The van der Waals surface area contributed by atoms with Gasteiger partial charge in [0, 0.05) is 71.8 Å². The number of nitrogens with zero attached hydrogens (tertiary/aromatic N) is 3. The Morgan fingerprint density at radius 3 is 2.21 bits per heavy atom. The summed E-state index contributed by atoms with van der Waals surface area (Å²) >= 11 is 0. The van der Waals surface area contributed by atoms with E-state index in [-0.39, 0.29) is 0 Å². The van der Waals surface area contributed by atoms with Gasteiger partial charge in [-0.1, -0.05) is 6.07 Å². The van der Waals surface area contributed by atoms with E-state index in [4.69, 9.17) is 0 Å². The van der Waals surface area contributed by atoms with Crippen LogP contribution in [0, 0.1) is 10.1 Å². The van der Waals surface area contributed by atoms with Gasteiger partial charge in [0.05, 0.1) is 0 Å². The minimum atomic E-state index is -0.597. The van der Waals surface area contributed by atoms with Crippen LogP contribution in [0.5, 0.6) is 0 Å². The number of anilines is 1. The molecule has 0 unspecified atom stereocenters. The van der Waals surface area contributed by atoms with Crippen LogP contribution < -0.4 is 5.06 Å². The highest BCUT2D eigenvalue weighted by Crippen LogP contribution is 2.34. The molecule has 0 bridgehead atoms. The molecule has 0 fully saturated rings. The maximum absolute atomic E-state index is 12.7. The summed E-state index contributed by atoms with van der Waals surface area (Å²) in [6.07, 6.45) is 3.42. The second kappa shape index (κ2) is 6.32. The number of rotatable bonds is 3. The summed E-state index contributed by atoms with van der Waals surface area (Å²) in [7, 11) is 0. The molecule has 0 N–H and O–H groups in total. The van der Waals surface area contributed by atoms with Crippen LogP contribution in [-0.4, -0.2) is 20.8 Å². The molecular formula is C19H25N3O2. The minimum Gasteiger partial charge on any atom is -0.758 e. The van der Waals surface area contributed by atoms with Crippen molar-refractivity contribution in [2.45, 2.75) is 52.6 Å². The molecule has 5 heteroatoms. The predicted octanol–water partition coefficient (Wildman–Crippen LogP) is 5.06. The quantitative estimate of drug-likeness (QED) is 0.584. The maximum atomic E-state index is 12.7. The lowest BCUT2D eigenvalue weighted by molar-refractivity contribution is -0.540. The fourth-order valence-corrected chi connectivity index (χ4v) is 2.30. The first-order valence-corrected chi connectivity index (χ1v) is 8.00. The van der Waals surface area contributed by atoms with Crippen LogP contribution in [-0.2, 0) is 0 Å². The van der Waals surface area contributed by atoms with Crippen LogP contribution in [0.1, 0.15) is 41.5 Å². The highest BCUT2D eigenvalue weighted by Gasteiger charge is 2.32. The molecule has 0 aliphatic rings. The lowest BCUT2D eigenvalue weighted by atomic mass is 10.0. The van der Waals surface area contributed by atoms with Gasteiger partial charge in [0.25, 0.3) is 5.69 Å². The lowest BCUT2D eigenvalue weighted by Gasteiger charge is -2.43. The molecule has 0 spiro atoms. The number of benzene rings is 1. The third-order valence-corrected chi connectivity index (χ3v) is 3.58. The summed E-state index contributed by atoms with van der Waals surface area (Å²) in [6.45, 7) is 11.1. The molecule has 1 aromatic heterocycles. The zero-order chi connectivity index (χ0) is 18.1. The van der Waals surface area contributed by atoms with Gasteiger partial charge < -0.3 is 10.3 Å². The fraction of sp³-hybridized carbons (Fsp3) is 0.421. The van der Waals surface area contributed by atoms with Crippen molar-refractivity contribution in [3.63, 3.8) is 0 Å². The molecule has 2 aromatic rings. The summed E-state index contributed by atoms with van der Waals surface area (Å²) in [5, 5.41) is 13.6. The van der Waals surface area contributed by atoms with Crippen molar-refractivity contribution in [3.8, 4) is 11.1 Å². The number of pyridine rings is 1. The minimum absolute atomic E-state index is 0.462. The van der Waals surface area contributed by atoms with Crippen LogP contribution in [0.3, 0.4) is 0 Å². The maximum Gasteiger partial charge on any atom is 0.259 e. The van der Waals surface area contributed by atoms with Crippen LogP contribution in [0.25, 0.3) is 11.1 Å². The van der Waals surface area contributed by atoms with Gasteiger partial charge in [-0.2, -0.15) is 0 Å². The summed E-state index contributed by atoms with van der Waals surface area (Å²) in [5.74, 6) is 0. The van der Waals surface area contributed by atoms with Gasteiger partial charge in [0.2, 0.25) is 5.54 Å². The molecule has 0 saturated heterocycles. The average molecular weight is 327 g/mol. The highest BCUT2D eigenvalue weighted by molar-refractivity contribution is 5.72. The van der Waals surface area contributed by atoms with Gasteiger partial charge in [-0.05, 0) is 38.5 Å². The molecule has 5 nitrogen and oxygen atoms in total. The first kappa shape index (κ1) is 18.1. The van der Waals surface area contributed by atoms with Crippen molar-refractivity contribution >= 4 is 11.4 Å². The number of hydrogen-bond acceptors (Lipinski definition) is 4. The van der Waals surface area contributed by atoms with Crippen molar-refractivity contribution in [3.05, 3.63) is 52.8 Å². The normalized spacial score (nSPS) is 12.1. The highest BCUT2D eigenvalue weighted by atomic mass is 16.5. The van der Waals surface area contributed by atoms with E-state index in [0.717, 1.165) is 21.0 Å². The van der Waals surface area contributed by atoms with Crippen molar-refractivity contribution in [1.29, 1.82) is 0 Å². The molecule has 1 aromatic carbocycles. The smallest absolute Gasteiger partial charge is 0.259 e. The SMILES string of the molecule is CC(C)(C)N([O-])c1cc(-c2cccnc2)cc([N+](=O)C(C)(C)C)c1. The standard InChI is InChI=1S/C19H25N3O2/c1-18(2,3)21(23)16-10-15(14-8-7-9-20-13-14)11-17(12-16)22(24)19(4,5)6/h7-13H,1-6H3. The van der Waals surface area contributed by atoms with Crippen molar-refractivity contribution in [2.75, 3.05) is 5.06 Å². The Morgan fingerprint density at radius 2 is 1.71 bits per heavy atom. The average Bonchev–Trinajstić information content (AvgIpc) is 2.52. The summed E-state index contributed by atoms with van der Waals surface area (Å²) in [4.78, 5) is 16.8. The van der Waals surface area contributed by atoms with E-state index >= 15 is 0 Å².